The van der Waals surface area contributed by atoms with Crippen LogP contribution in [0.25, 0.3) is 0 Å². The molecular weight excluding hydrogens is 256 g/mol. The number of anilines is 2. The summed E-state index contributed by atoms with van der Waals surface area (Å²) >= 11 is 0. The van der Waals surface area contributed by atoms with Gasteiger partial charge in [0, 0.05) is 23.8 Å². The van der Waals surface area contributed by atoms with Crippen molar-refractivity contribution in [3.63, 3.8) is 0 Å². The Kier molecular flexibility index (Phi) is 3.46. The zero-order valence-corrected chi connectivity index (χ0v) is 13.2. The monoisotopic (exact) mass is 278 g/mol. The van der Waals surface area contributed by atoms with E-state index >= 15 is 0 Å². The molecule has 1 heterocycles. The second kappa shape index (κ2) is 5.28. The molecule has 0 fully saturated rings. The minimum absolute atomic E-state index is 0.870. The molecule has 2 heteroatoms. The molecule has 2 aromatic rings. The lowest BCUT2D eigenvalue weighted by Gasteiger charge is -2.25. The van der Waals surface area contributed by atoms with Crippen molar-refractivity contribution in [1.82, 2.24) is 0 Å². The van der Waals surface area contributed by atoms with Gasteiger partial charge in [0.2, 0.25) is 0 Å². The number of nitrogens with zero attached hydrogens (tertiary/aromatic N) is 2. The van der Waals surface area contributed by atoms with Gasteiger partial charge in [0.15, 0.2) is 0 Å². The topological polar surface area (TPSA) is 6.48 Å². The first-order valence-corrected chi connectivity index (χ1v) is 7.42. The van der Waals surface area contributed by atoms with Crippen LogP contribution in [0, 0.1) is 27.7 Å². The third-order valence-corrected chi connectivity index (χ3v) is 4.50. The molecule has 0 saturated carbocycles. The maximum absolute atomic E-state index is 2.31. The van der Waals surface area contributed by atoms with E-state index in [2.05, 4.69) is 86.3 Å². The Labute approximate surface area is 127 Å². The summed E-state index contributed by atoms with van der Waals surface area (Å²) in [6.07, 6.45) is 4.34. The summed E-state index contributed by atoms with van der Waals surface area (Å²) in [6.45, 7) is 9.59. The second-order valence-electron chi connectivity index (χ2n) is 5.82. The van der Waals surface area contributed by atoms with Gasteiger partial charge < -0.3 is 9.80 Å². The lowest BCUT2D eigenvalue weighted by Crippen LogP contribution is -2.25. The van der Waals surface area contributed by atoms with Crippen molar-refractivity contribution >= 4 is 11.4 Å². The van der Waals surface area contributed by atoms with Gasteiger partial charge >= 0.3 is 0 Å². The molecule has 21 heavy (non-hydrogen) atoms. The van der Waals surface area contributed by atoms with Crippen LogP contribution >= 0.6 is 0 Å². The van der Waals surface area contributed by atoms with Gasteiger partial charge in [-0.1, -0.05) is 24.3 Å². The molecule has 1 aliphatic rings. The summed E-state index contributed by atoms with van der Waals surface area (Å²) in [5, 5.41) is 0. The zero-order chi connectivity index (χ0) is 15.0. The van der Waals surface area contributed by atoms with Gasteiger partial charge in [-0.2, -0.15) is 0 Å². The zero-order valence-electron chi connectivity index (χ0n) is 13.2. The Morgan fingerprint density at radius 1 is 0.667 bits per heavy atom. The van der Waals surface area contributed by atoms with E-state index in [-0.39, 0.29) is 0 Å². The summed E-state index contributed by atoms with van der Waals surface area (Å²) in [5.41, 5.74) is 7.96. The lowest BCUT2D eigenvalue weighted by atomic mass is 10.1. The quantitative estimate of drug-likeness (QED) is 0.787. The van der Waals surface area contributed by atoms with Crippen molar-refractivity contribution in [3.05, 3.63) is 71.1 Å². The Morgan fingerprint density at radius 3 is 1.52 bits per heavy atom. The summed E-state index contributed by atoms with van der Waals surface area (Å²) in [7, 11) is 0. The van der Waals surface area contributed by atoms with Crippen molar-refractivity contribution < 1.29 is 0 Å². The minimum Gasteiger partial charge on any atom is -0.328 e. The van der Waals surface area contributed by atoms with E-state index < -0.39 is 0 Å². The minimum atomic E-state index is 0.870. The molecule has 108 valence electrons. The van der Waals surface area contributed by atoms with Crippen LogP contribution in [0.3, 0.4) is 0 Å². The molecule has 3 rings (SSSR count). The Balaban J connectivity index is 1.88. The standard InChI is InChI=1S/C19H22N2/c1-14-7-5-9-18(16(14)3)20-11-12-21(13-20)19-10-6-8-15(2)17(19)4/h5-12H,13H2,1-4H3. The van der Waals surface area contributed by atoms with Gasteiger partial charge in [0.1, 0.15) is 0 Å². The van der Waals surface area contributed by atoms with Crippen LogP contribution in [0.1, 0.15) is 22.3 Å². The average molecular weight is 278 g/mol. The Bertz CT molecular complexity index is 641. The summed E-state index contributed by atoms with van der Waals surface area (Å²) in [6, 6.07) is 13.0. The maximum atomic E-state index is 2.31. The molecule has 2 nitrogen and oxygen atoms in total. The fourth-order valence-electron chi connectivity index (χ4n) is 2.83. The predicted molar refractivity (Wildman–Crippen MR) is 90.8 cm³/mol. The van der Waals surface area contributed by atoms with Gasteiger partial charge in [0.25, 0.3) is 0 Å². The molecule has 0 aliphatic carbocycles. The number of rotatable bonds is 2. The van der Waals surface area contributed by atoms with Crippen molar-refractivity contribution in [1.29, 1.82) is 0 Å². The molecule has 0 bridgehead atoms. The summed E-state index contributed by atoms with van der Waals surface area (Å²) in [5.74, 6) is 0. The first kappa shape index (κ1) is 13.7. The van der Waals surface area contributed by atoms with Crippen LogP contribution in [0.15, 0.2) is 48.8 Å². The molecule has 0 saturated heterocycles. The Hall–Kier alpha value is -2.22. The molecule has 0 atom stereocenters. The molecule has 0 unspecified atom stereocenters. The van der Waals surface area contributed by atoms with Crippen LogP contribution in [-0.2, 0) is 0 Å². The van der Waals surface area contributed by atoms with E-state index in [9.17, 15) is 0 Å². The fourth-order valence-corrected chi connectivity index (χ4v) is 2.83. The highest BCUT2D eigenvalue weighted by molar-refractivity contribution is 5.65. The summed E-state index contributed by atoms with van der Waals surface area (Å²) in [4.78, 5) is 4.62. The first-order chi connectivity index (χ1) is 10.1. The number of hydrogen-bond acceptors (Lipinski definition) is 2. The van der Waals surface area contributed by atoms with Crippen molar-refractivity contribution in [3.8, 4) is 0 Å². The molecule has 0 radical (unpaired) electrons. The highest BCUT2D eigenvalue weighted by Gasteiger charge is 2.18. The van der Waals surface area contributed by atoms with Gasteiger partial charge in [-0.3, -0.25) is 0 Å². The molecule has 1 aliphatic heterocycles. The third-order valence-electron chi connectivity index (χ3n) is 4.50. The van der Waals surface area contributed by atoms with Crippen molar-refractivity contribution in [2.45, 2.75) is 27.7 Å². The van der Waals surface area contributed by atoms with Crippen LogP contribution in [0.5, 0.6) is 0 Å². The number of benzene rings is 2. The largest absolute Gasteiger partial charge is 0.328 e. The Morgan fingerprint density at radius 2 is 1.10 bits per heavy atom. The number of aryl methyl sites for hydroxylation is 2. The van der Waals surface area contributed by atoms with E-state index in [1.807, 2.05) is 0 Å². The van der Waals surface area contributed by atoms with E-state index in [1.165, 1.54) is 33.6 Å². The van der Waals surface area contributed by atoms with Crippen LogP contribution in [0.4, 0.5) is 11.4 Å². The highest BCUT2D eigenvalue weighted by atomic mass is 15.3. The maximum Gasteiger partial charge on any atom is 0.0989 e. The molecule has 0 N–H and O–H groups in total. The first-order valence-electron chi connectivity index (χ1n) is 7.42. The molecule has 0 amide bonds. The fraction of sp³-hybridized carbons (Fsp3) is 0.263. The smallest absolute Gasteiger partial charge is 0.0989 e. The van der Waals surface area contributed by atoms with Gasteiger partial charge in [0.05, 0.1) is 6.67 Å². The van der Waals surface area contributed by atoms with Gasteiger partial charge in [-0.15, -0.1) is 0 Å². The summed E-state index contributed by atoms with van der Waals surface area (Å²) < 4.78 is 0. The van der Waals surface area contributed by atoms with E-state index in [0.29, 0.717) is 0 Å². The molecule has 0 spiro atoms. The molecular formula is C19H22N2. The van der Waals surface area contributed by atoms with E-state index in [4.69, 9.17) is 0 Å². The van der Waals surface area contributed by atoms with E-state index in [0.717, 1.165) is 6.67 Å². The average Bonchev–Trinajstić information content (AvgIpc) is 2.94. The lowest BCUT2D eigenvalue weighted by molar-refractivity contribution is 0.962. The predicted octanol–water partition coefficient (Wildman–Crippen LogP) is 4.68. The van der Waals surface area contributed by atoms with Gasteiger partial charge in [-0.05, 0) is 62.1 Å². The van der Waals surface area contributed by atoms with Crippen molar-refractivity contribution in [2.24, 2.45) is 0 Å². The second-order valence-corrected chi connectivity index (χ2v) is 5.82. The third kappa shape index (κ3) is 2.42. The number of hydrogen-bond donors (Lipinski definition) is 0. The van der Waals surface area contributed by atoms with Crippen LogP contribution < -0.4 is 9.80 Å². The normalized spacial score (nSPS) is 14.1. The van der Waals surface area contributed by atoms with Crippen molar-refractivity contribution in [2.75, 3.05) is 16.5 Å². The van der Waals surface area contributed by atoms with Crippen LogP contribution in [-0.4, -0.2) is 6.67 Å². The molecule has 2 aromatic carbocycles. The van der Waals surface area contributed by atoms with Crippen LogP contribution in [0.2, 0.25) is 0 Å². The molecule has 0 aromatic heterocycles. The SMILES string of the molecule is Cc1cccc(N2C=CN(c3cccc(C)c3C)C2)c1C. The van der Waals surface area contributed by atoms with Gasteiger partial charge in [-0.25, -0.2) is 0 Å². The van der Waals surface area contributed by atoms with E-state index in [1.54, 1.807) is 0 Å². The highest BCUT2D eigenvalue weighted by Crippen LogP contribution is 2.30.